The summed E-state index contributed by atoms with van der Waals surface area (Å²) in [5.74, 6) is 0. The highest BCUT2D eigenvalue weighted by Gasteiger charge is 2.04. The first-order valence-corrected chi connectivity index (χ1v) is 8.19. The zero-order valence-electron chi connectivity index (χ0n) is 10.5. The molecule has 0 bridgehead atoms. The molecule has 1 N–H and O–H groups in total. The van der Waals surface area contributed by atoms with E-state index in [2.05, 4.69) is 10.3 Å². The molecule has 20 heavy (non-hydrogen) atoms. The van der Waals surface area contributed by atoms with Crippen molar-refractivity contribution < 1.29 is 0 Å². The van der Waals surface area contributed by atoms with Gasteiger partial charge in [-0.3, -0.25) is 9.36 Å². The van der Waals surface area contributed by atoms with Gasteiger partial charge in [0, 0.05) is 24.5 Å². The van der Waals surface area contributed by atoms with Gasteiger partial charge in [0.15, 0.2) is 0 Å². The fraction of sp³-hybridized carbons (Fsp3) is 0.231. The Morgan fingerprint density at radius 2 is 2.25 bits per heavy atom. The summed E-state index contributed by atoms with van der Waals surface area (Å²) in [7, 11) is 0. The van der Waals surface area contributed by atoms with Crippen LogP contribution in [0.3, 0.4) is 0 Å². The Morgan fingerprint density at radius 1 is 1.35 bits per heavy atom. The van der Waals surface area contributed by atoms with Crippen molar-refractivity contribution in [2.24, 2.45) is 0 Å². The second kappa shape index (κ2) is 6.05. The monoisotopic (exact) mass is 325 g/mol. The minimum Gasteiger partial charge on any atom is -0.310 e. The fourth-order valence-corrected chi connectivity index (χ4v) is 3.75. The topological polar surface area (TPSA) is 46.9 Å². The lowest BCUT2D eigenvalue weighted by molar-refractivity contribution is 0.585. The van der Waals surface area contributed by atoms with Crippen LogP contribution in [0.5, 0.6) is 0 Å². The third-order valence-corrected chi connectivity index (χ3v) is 5.02. The van der Waals surface area contributed by atoms with Gasteiger partial charge in [0.25, 0.3) is 5.56 Å². The maximum atomic E-state index is 12.1. The van der Waals surface area contributed by atoms with Crippen LogP contribution >= 0.6 is 34.3 Å². The van der Waals surface area contributed by atoms with E-state index in [0.717, 1.165) is 21.1 Å². The van der Waals surface area contributed by atoms with Crippen LogP contribution < -0.4 is 10.9 Å². The summed E-state index contributed by atoms with van der Waals surface area (Å²) in [5.41, 5.74) is 0.809. The molecular formula is C13H12ClN3OS2. The van der Waals surface area contributed by atoms with Gasteiger partial charge in [-0.25, -0.2) is 4.98 Å². The molecule has 3 rings (SSSR count). The molecule has 0 aliphatic heterocycles. The molecule has 0 radical (unpaired) electrons. The third kappa shape index (κ3) is 2.93. The number of nitrogens with one attached hydrogen (secondary N) is 1. The van der Waals surface area contributed by atoms with Gasteiger partial charge in [-0.15, -0.1) is 22.7 Å². The van der Waals surface area contributed by atoms with Crippen molar-refractivity contribution in [3.8, 4) is 0 Å². The van der Waals surface area contributed by atoms with Crippen LogP contribution in [-0.4, -0.2) is 16.1 Å². The summed E-state index contributed by atoms with van der Waals surface area (Å²) >= 11 is 8.87. The number of aromatic nitrogens is 2. The highest BCUT2D eigenvalue weighted by molar-refractivity contribution is 7.17. The van der Waals surface area contributed by atoms with E-state index in [-0.39, 0.29) is 5.56 Å². The summed E-state index contributed by atoms with van der Waals surface area (Å²) in [5, 5.41) is 5.19. The van der Waals surface area contributed by atoms with Gasteiger partial charge in [-0.05, 0) is 23.6 Å². The molecular weight excluding hydrogens is 314 g/mol. The molecule has 104 valence electrons. The summed E-state index contributed by atoms with van der Waals surface area (Å²) in [6, 6.07) is 5.76. The van der Waals surface area contributed by atoms with Crippen LogP contribution in [0.2, 0.25) is 4.34 Å². The van der Waals surface area contributed by atoms with E-state index in [9.17, 15) is 4.79 Å². The molecule has 0 aromatic carbocycles. The highest BCUT2D eigenvalue weighted by Crippen LogP contribution is 2.20. The summed E-state index contributed by atoms with van der Waals surface area (Å²) < 4.78 is 3.16. The van der Waals surface area contributed by atoms with Crippen molar-refractivity contribution in [3.05, 3.63) is 49.5 Å². The third-order valence-electron chi connectivity index (χ3n) is 2.89. The number of nitrogens with zero attached hydrogens (tertiary/aromatic N) is 2. The molecule has 3 aromatic rings. The molecule has 0 amide bonds. The van der Waals surface area contributed by atoms with Crippen molar-refractivity contribution in [3.63, 3.8) is 0 Å². The normalized spacial score (nSPS) is 11.2. The maximum Gasteiger partial charge on any atom is 0.271 e. The lowest BCUT2D eigenvalue weighted by Gasteiger charge is -2.06. The van der Waals surface area contributed by atoms with Gasteiger partial charge in [0.05, 0.1) is 16.2 Å². The minimum absolute atomic E-state index is 0.0333. The first-order chi connectivity index (χ1) is 9.74. The van der Waals surface area contributed by atoms with Crippen LogP contribution in [0.1, 0.15) is 4.88 Å². The number of rotatable bonds is 5. The average Bonchev–Trinajstić information content (AvgIpc) is 3.06. The quantitative estimate of drug-likeness (QED) is 0.734. The first-order valence-electron chi connectivity index (χ1n) is 6.11. The van der Waals surface area contributed by atoms with Crippen molar-refractivity contribution >= 4 is 44.5 Å². The summed E-state index contributed by atoms with van der Waals surface area (Å²) in [6.07, 6.45) is 1.61. The number of thiophene rings is 2. The Kier molecular flexibility index (Phi) is 4.16. The first kappa shape index (κ1) is 13.8. The van der Waals surface area contributed by atoms with Crippen molar-refractivity contribution in [1.29, 1.82) is 0 Å². The van der Waals surface area contributed by atoms with E-state index < -0.39 is 0 Å². The van der Waals surface area contributed by atoms with Crippen molar-refractivity contribution in [1.82, 2.24) is 14.9 Å². The molecule has 0 fully saturated rings. The second-order valence-electron chi connectivity index (χ2n) is 4.26. The maximum absolute atomic E-state index is 12.1. The molecule has 0 saturated carbocycles. The zero-order chi connectivity index (χ0) is 13.9. The van der Waals surface area contributed by atoms with Crippen LogP contribution in [0.25, 0.3) is 10.2 Å². The van der Waals surface area contributed by atoms with Gasteiger partial charge in [0.1, 0.15) is 4.70 Å². The van der Waals surface area contributed by atoms with E-state index in [4.69, 9.17) is 11.6 Å². The van der Waals surface area contributed by atoms with Crippen LogP contribution in [0.4, 0.5) is 0 Å². The number of halogens is 1. The summed E-state index contributed by atoms with van der Waals surface area (Å²) in [6.45, 7) is 2.09. The minimum atomic E-state index is 0.0333. The van der Waals surface area contributed by atoms with E-state index in [1.54, 1.807) is 22.2 Å². The van der Waals surface area contributed by atoms with Gasteiger partial charge in [-0.2, -0.15) is 0 Å². The lowest BCUT2D eigenvalue weighted by atomic mass is 10.4. The Hall–Kier alpha value is -1.21. The van der Waals surface area contributed by atoms with Crippen LogP contribution in [0.15, 0.2) is 34.7 Å². The molecule has 3 heterocycles. The lowest BCUT2D eigenvalue weighted by Crippen LogP contribution is -2.26. The fourth-order valence-electron chi connectivity index (χ4n) is 1.90. The molecule has 0 aliphatic carbocycles. The van der Waals surface area contributed by atoms with Crippen molar-refractivity contribution in [2.45, 2.75) is 13.1 Å². The molecule has 4 nitrogen and oxygen atoms in total. The van der Waals surface area contributed by atoms with E-state index in [1.165, 1.54) is 16.2 Å². The number of hydrogen-bond acceptors (Lipinski definition) is 5. The Labute approximate surface area is 128 Å². The molecule has 0 unspecified atom stereocenters. The molecule has 0 aliphatic rings. The average molecular weight is 326 g/mol. The molecule has 0 saturated heterocycles. The summed E-state index contributed by atoms with van der Waals surface area (Å²) in [4.78, 5) is 17.6. The van der Waals surface area contributed by atoms with Crippen LogP contribution in [0, 0.1) is 0 Å². The van der Waals surface area contributed by atoms with E-state index in [1.807, 2.05) is 23.6 Å². The molecule has 0 atom stereocenters. The van der Waals surface area contributed by atoms with E-state index in [0.29, 0.717) is 13.1 Å². The predicted molar refractivity (Wildman–Crippen MR) is 84.9 cm³/mol. The van der Waals surface area contributed by atoms with Gasteiger partial charge < -0.3 is 5.32 Å². The number of hydrogen-bond donors (Lipinski definition) is 1. The predicted octanol–water partition coefficient (Wildman–Crippen LogP) is 2.96. The Balaban J connectivity index is 1.59. The molecule has 3 aromatic heterocycles. The van der Waals surface area contributed by atoms with E-state index >= 15 is 0 Å². The highest BCUT2D eigenvalue weighted by atomic mass is 35.5. The van der Waals surface area contributed by atoms with Crippen molar-refractivity contribution in [2.75, 3.05) is 6.54 Å². The standard InChI is InChI=1S/C13H12ClN3OS2/c14-11-2-1-9(20-11)7-15-4-5-17-8-16-10-3-6-19-12(10)13(17)18/h1-3,6,8,15H,4-5,7H2. The molecule has 0 spiro atoms. The number of fused-ring (bicyclic) bond motifs is 1. The van der Waals surface area contributed by atoms with Gasteiger partial charge >= 0.3 is 0 Å². The zero-order valence-corrected chi connectivity index (χ0v) is 12.9. The Morgan fingerprint density at radius 3 is 3.05 bits per heavy atom. The largest absolute Gasteiger partial charge is 0.310 e. The SMILES string of the molecule is O=c1c2sccc2ncn1CCNCc1ccc(Cl)s1. The second-order valence-corrected chi connectivity index (χ2v) is 6.98. The van der Waals surface area contributed by atoms with Crippen LogP contribution in [-0.2, 0) is 13.1 Å². The van der Waals surface area contributed by atoms with Gasteiger partial charge in [-0.1, -0.05) is 11.6 Å². The van der Waals surface area contributed by atoms with Gasteiger partial charge in [0.2, 0.25) is 0 Å². The smallest absolute Gasteiger partial charge is 0.271 e. The Bertz CT molecular complexity index is 777. The molecule has 7 heteroatoms.